The number of aryl methyl sites for hydroxylation is 2. The van der Waals surface area contributed by atoms with Gasteiger partial charge in [-0.25, -0.2) is 0 Å². The average molecular weight is 404 g/mol. The smallest absolute Gasteiger partial charge is 0.292 e. The maximum absolute atomic E-state index is 13.3. The number of H-pyrrole nitrogens is 1. The van der Waals surface area contributed by atoms with Crippen LogP contribution in [0.4, 0.5) is 11.4 Å². The molecule has 1 saturated heterocycles. The number of nitro groups is 1. The van der Waals surface area contributed by atoms with Crippen LogP contribution in [0.2, 0.25) is 0 Å². The zero-order valence-corrected chi connectivity index (χ0v) is 16.8. The number of fused-ring (bicyclic) bond motifs is 3. The lowest BCUT2D eigenvalue weighted by molar-refractivity contribution is -0.384. The monoisotopic (exact) mass is 404 g/mol. The van der Waals surface area contributed by atoms with Gasteiger partial charge in [0.25, 0.3) is 11.6 Å². The van der Waals surface area contributed by atoms with Gasteiger partial charge in [0.05, 0.1) is 16.0 Å². The van der Waals surface area contributed by atoms with Crippen molar-refractivity contribution < 1.29 is 9.72 Å². The van der Waals surface area contributed by atoms with E-state index in [0.717, 1.165) is 23.9 Å². The number of para-hydroxylation sites is 3. The molecule has 0 radical (unpaired) electrons. The molecule has 1 N–H and O–H groups in total. The summed E-state index contributed by atoms with van der Waals surface area (Å²) in [6.45, 7) is 2.24. The van der Waals surface area contributed by atoms with Crippen LogP contribution in [0.3, 0.4) is 0 Å². The van der Waals surface area contributed by atoms with E-state index >= 15 is 0 Å². The summed E-state index contributed by atoms with van der Waals surface area (Å²) in [7, 11) is 0. The number of rotatable bonds is 3. The van der Waals surface area contributed by atoms with Crippen molar-refractivity contribution >= 4 is 28.2 Å². The van der Waals surface area contributed by atoms with Crippen LogP contribution < -0.4 is 4.90 Å². The number of benzene rings is 2. The second-order valence-corrected chi connectivity index (χ2v) is 8.04. The minimum Gasteiger partial charge on any atom is -0.362 e. The van der Waals surface area contributed by atoms with Gasteiger partial charge in [-0.15, -0.1) is 0 Å². The Hall–Kier alpha value is -3.35. The number of piperazine rings is 1. The highest BCUT2D eigenvalue weighted by molar-refractivity contribution is 6.07. The molecule has 1 fully saturated rings. The van der Waals surface area contributed by atoms with Crippen LogP contribution in [0.15, 0.2) is 42.5 Å². The van der Waals surface area contributed by atoms with Crippen LogP contribution in [-0.2, 0) is 12.8 Å². The third-order valence-electron chi connectivity index (χ3n) is 6.35. The lowest BCUT2D eigenvalue weighted by atomic mass is 9.95. The van der Waals surface area contributed by atoms with Crippen LogP contribution in [0.5, 0.6) is 0 Å². The summed E-state index contributed by atoms with van der Waals surface area (Å²) in [6.07, 6.45) is 4.51. The molecule has 1 aromatic heterocycles. The van der Waals surface area contributed by atoms with Crippen LogP contribution in [0, 0.1) is 10.1 Å². The maximum Gasteiger partial charge on any atom is 0.292 e. The third-order valence-corrected chi connectivity index (χ3v) is 6.35. The largest absolute Gasteiger partial charge is 0.362 e. The van der Waals surface area contributed by atoms with Crippen molar-refractivity contribution in [2.45, 2.75) is 25.7 Å². The molecular formula is C23H24N4O3. The van der Waals surface area contributed by atoms with Crippen LogP contribution in [0.25, 0.3) is 10.9 Å². The van der Waals surface area contributed by atoms with Gasteiger partial charge in [-0.05, 0) is 43.4 Å². The summed E-state index contributed by atoms with van der Waals surface area (Å²) in [6, 6.07) is 12.8. The number of aromatic nitrogens is 1. The van der Waals surface area contributed by atoms with Crippen molar-refractivity contribution in [3.8, 4) is 0 Å². The van der Waals surface area contributed by atoms with Gasteiger partial charge in [0.1, 0.15) is 5.69 Å². The fraction of sp³-hybridized carbons (Fsp3) is 0.348. The molecule has 1 aliphatic heterocycles. The van der Waals surface area contributed by atoms with Crippen LogP contribution >= 0.6 is 0 Å². The highest BCUT2D eigenvalue weighted by Crippen LogP contribution is 2.32. The molecule has 1 aliphatic carbocycles. The standard InChI is InChI=1S/C23H24N4O3/c28-23(18-8-5-7-17-16-6-1-2-9-19(16)24-22(17)18)26-14-12-25(13-15-26)20-10-3-4-11-21(20)27(29)30/h3-5,7-8,10-11,24H,1-2,6,9,12-15H2. The number of aromatic amines is 1. The molecule has 2 aliphatic rings. The molecule has 0 bridgehead atoms. The fourth-order valence-electron chi connectivity index (χ4n) is 4.81. The summed E-state index contributed by atoms with van der Waals surface area (Å²) in [5, 5.41) is 12.5. The van der Waals surface area contributed by atoms with Gasteiger partial charge in [-0.2, -0.15) is 0 Å². The Balaban J connectivity index is 1.37. The van der Waals surface area contributed by atoms with E-state index in [1.54, 1.807) is 12.1 Å². The van der Waals surface area contributed by atoms with E-state index in [-0.39, 0.29) is 16.5 Å². The molecule has 30 heavy (non-hydrogen) atoms. The van der Waals surface area contributed by atoms with Crippen molar-refractivity contribution in [3.05, 3.63) is 69.4 Å². The SMILES string of the molecule is O=C(c1cccc2c3c([nH]c12)CCCC3)N1CCN(c2ccccc2[N+](=O)[O-])CC1. The first-order valence-electron chi connectivity index (χ1n) is 10.5. The molecule has 2 aromatic carbocycles. The number of carbonyl (C=O) groups excluding carboxylic acids is 1. The molecule has 0 unspecified atom stereocenters. The summed E-state index contributed by atoms with van der Waals surface area (Å²) in [5.41, 5.74) is 5.05. The Labute approximate surface area is 174 Å². The summed E-state index contributed by atoms with van der Waals surface area (Å²) < 4.78 is 0. The highest BCUT2D eigenvalue weighted by atomic mass is 16.6. The van der Waals surface area contributed by atoms with Crippen molar-refractivity contribution in [1.29, 1.82) is 0 Å². The van der Waals surface area contributed by atoms with Crippen molar-refractivity contribution in [2.24, 2.45) is 0 Å². The normalized spacial score (nSPS) is 16.5. The zero-order valence-electron chi connectivity index (χ0n) is 16.8. The van der Waals surface area contributed by atoms with Gasteiger partial charge in [0.15, 0.2) is 0 Å². The minimum absolute atomic E-state index is 0.0291. The van der Waals surface area contributed by atoms with E-state index in [4.69, 9.17) is 0 Å². The number of hydrogen-bond acceptors (Lipinski definition) is 4. The fourth-order valence-corrected chi connectivity index (χ4v) is 4.81. The number of carbonyl (C=O) groups is 1. The number of nitrogens with one attached hydrogen (secondary N) is 1. The predicted octanol–water partition coefficient (Wildman–Crippen LogP) is 3.92. The van der Waals surface area contributed by atoms with E-state index in [1.165, 1.54) is 35.6 Å². The van der Waals surface area contributed by atoms with Crippen LogP contribution in [-0.4, -0.2) is 46.9 Å². The van der Waals surface area contributed by atoms with E-state index in [1.807, 2.05) is 28.0 Å². The Morgan fingerprint density at radius 3 is 2.53 bits per heavy atom. The summed E-state index contributed by atoms with van der Waals surface area (Å²) >= 11 is 0. The number of amides is 1. The minimum atomic E-state index is -0.347. The first-order chi connectivity index (χ1) is 14.6. The molecular weight excluding hydrogens is 380 g/mol. The Morgan fingerprint density at radius 2 is 1.73 bits per heavy atom. The van der Waals surface area contributed by atoms with Gasteiger partial charge in [-0.1, -0.05) is 24.3 Å². The second kappa shape index (κ2) is 7.48. The number of nitro benzene ring substituents is 1. The number of nitrogens with zero attached hydrogens (tertiary/aromatic N) is 3. The third kappa shape index (κ3) is 3.10. The molecule has 0 spiro atoms. The lowest BCUT2D eigenvalue weighted by Crippen LogP contribution is -2.49. The second-order valence-electron chi connectivity index (χ2n) is 8.04. The summed E-state index contributed by atoms with van der Waals surface area (Å²) in [5.74, 6) is 0.0291. The zero-order chi connectivity index (χ0) is 20.7. The first kappa shape index (κ1) is 18.7. The molecule has 0 atom stereocenters. The highest BCUT2D eigenvalue weighted by Gasteiger charge is 2.27. The molecule has 7 nitrogen and oxygen atoms in total. The van der Waals surface area contributed by atoms with E-state index in [2.05, 4.69) is 11.1 Å². The molecule has 3 aromatic rings. The molecule has 2 heterocycles. The predicted molar refractivity (Wildman–Crippen MR) is 116 cm³/mol. The number of anilines is 1. The molecule has 5 rings (SSSR count). The van der Waals surface area contributed by atoms with Crippen molar-refractivity contribution in [3.63, 3.8) is 0 Å². The molecule has 0 saturated carbocycles. The van der Waals surface area contributed by atoms with Crippen molar-refractivity contribution in [2.75, 3.05) is 31.1 Å². The summed E-state index contributed by atoms with van der Waals surface area (Å²) in [4.78, 5) is 31.7. The van der Waals surface area contributed by atoms with Gasteiger partial charge >= 0.3 is 0 Å². The van der Waals surface area contributed by atoms with Gasteiger partial charge in [0.2, 0.25) is 0 Å². The lowest BCUT2D eigenvalue weighted by Gasteiger charge is -2.35. The van der Waals surface area contributed by atoms with Gasteiger partial charge in [-0.3, -0.25) is 14.9 Å². The Morgan fingerprint density at radius 1 is 0.967 bits per heavy atom. The Bertz CT molecular complexity index is 1130. The van der Waals surface area contributed by atoms with E-state index < -0.39 is 0 Å². The van der Waals surface area contributed by atoms with E-state index in [0.29, 0.717) is 31.9 Å². The van der Waals surface area contributed by atoms with Gasteiger partial charge < -0.3 is 14.8 Å². The quantitative estimate of drug-likeness (QED) is 0.530. The van der Waals surface area contributed by atoms with Crippen LogP contribution in [0.1, 0.15) is 34.5 Å². The maximum atomic E-state index is 13.3. The molecule has 7 heteroatoms. The topological polar surface area (TPSA) is 82.5 Å². The molecule has 154 valence electrons. The first-order valence-corrected chi connectivity index (χ1v) is 10.5. The molecule has 1 amide bonds. The Kier molecular flexibility index (Phi) is 4.65. The average Bonchev–Trinajstić information content (AvgIpc) is 3.17. The number of hydrogen-bond donors (Lipinski definition) is 1. The van der Waals surface area contributed by atoms with Gasteiger partial charge in [0, 0.05) is 43.3 Å². The van der Waals surface area contributed by atoms with Crippen molar-refractivity contribution in [1.82, 2.24) is 9.88 Å². The van der Waals surface area contributed by atoms with E-state index in [9.17, 15) is 14.9 Å².